The van der Waals surface area contributed by atoms with Crippen LogP contribution in [-0.4, -0.2) is 29.4 Å². The van der Waals surface area contributed by atoms with Crippen molar-refractivity contribution in [2.75, 3.05) is 11.9 Å². The summed E-state index contributed by atoms with van der Waals surface area (Å²) < 4.78 is 5.04. The summed E-state index contributed by atoms with van der Waals surface area (Å²) >= 11 is 0. The van der Waals surface area contributed by atoms with E-state index in [-0.39, 0.29) is 30.6 Å². The van der Waals surface area contributed by atoms with Gasteiger partial charge in [0.05, 0.1) is 6.26 Å². The quantitative estimate of drug-likeness (QED) is 0.715. The zero-order valence-electron chi connectivity index (χ0n) is 14.0. The van der Waals surface area contributed by atoms with E-state index < -0.39 is 11.9 Å². The molecule has 3 N–H and O–H groups in total. The van der Waals surface area contributed by atoms with Crippen LogP contribution in [0.5, 0.6) is 0 Å². The van der Waals surface area contributed by atoms with Crippen LogP contribution in [0.4, 0.5) is 5.69 Å². The van der Waals surface area contributed by atoms with E-state index in [1.165, 1.54) is 6.26 Å². The predicted octanol–water partition coefficient (Wildman–Crippen LogP) is 2.68. The van der Waals surface area contributed by atoms with Crippen LogP contribution in [0.2, 0.25) is 0 Å². The standard InChI is InChI=1S/C18H20N2O5/c1-11(8-16(21)22)10-19-17(23)13-6-5-12(2)14(9-13)20-18(24)15-4-3-7-25-15/h3-7,9,11H,8,10H2,1-2H3,(H,19,23)(H,20,24)(H,21,22). The Bertz CT molecular complexity index is 768. The number of aryl methyl sites for hydroxylation is 1. The van der Waals surface area contributed by atoms with Crippen LogP contribution in [0.1, 0.15) is 39.8 Å². The molecule has 0 fully saturated rings. The van der Waals surface area contributed by atoms with Crippen molar-refractivity contribution in [1.82, 2.24) is 5.32 Å². The number of anilines is 1. The summed E-state index contributed by atoms with van der Waals surface area (Å²) in [6, 6.07) is 8.12. The highest BCUT2D eigenvalue weighted by Gasteiger charge is 2.14. The van der Waals surface area contributed by atoms with Crippen LogP contribution in [0.25, 0.3) is 0 Å². The minimum absolute atomic E-state index is 0.0152. The molecule has 0 spiro atoms. The van der Waals surface area contributed by atoms with Crippen LogP contribution in [0.15, 0.2) is 41.0 Å². The van der Waals surface area contributed by atoms with E-state index in [9.17, 15) is 14.4 Å². The monoisotopic (exact) mass is 344 g/mol. The maximum absolute atomic E-state index is 12.2. The van der Waals surface area contributed by atoms with E-state index in [2.05, 4.69) is 10.6 Å². The van der Waals surface area contributed by atoms with Gasteiger partial charge in [-0.3, -0.25) is 14.4 Å². The number of carboxylic acids is 1. The fourth-order valence-electron chi connectivity index (χ4n) is 2.23. The summed E-state index contributed by atoms with van der Waals surface area (Å²) in [5.74, 6) is -1.63. The van der Waals surface area contributed by atoms with Crippen LogP contribution in [-0.2, 0) is 4.79 Å². The average molecular weight is 344 g/mol. The topological polar surface area (TPSA) is 109 Å². The van der Waals surface area contributed by atoms with E-state index in [1.54, 1.807) is 37.3 Å². The van der Waals surface area contributed by atoms with Gasteiger partial charge in [-0.05, 0) is 42.7 Å². The average Bonchev–Trinajstić information content (AvgIpc) is 3.08. The lowest BCUT2D eigenvalue weighted by molar-refractivity contribution is -0.137. The summed E-state index contributed by atoms with van der Waals surface area (Å²) in [5, 5.41) is 14.1. The molecule has 2 amide bonds. The molecule has 0 aliphatic carbocycles. The molecule has 1 atom stereocenters. The van der Waals surface area contributed by atoms with Crippen molar-refractivity contribution in [3.05, 3.63) is 53.5 Å². The van der Waals surface area contributed by atoms with Crippen molar-refractivity contribution < 1.29 is 23.9 Å². The molecule has 0 aliphatic heterocycles. The molecule has 1 unspecified atom stereocenters. The molecule has 0 aliphatic rings. The number of amides is 2. The highest BCUT2D eigenvalue weighted by molar-refractivity contribution is 6.03. The molecule has 7 nitrogen and oxygen atoms in total. The number of rotatable bonds is 7. The van der Waals surface area contributed by atoms with Gasteiger partial charge in [0, 0.05) is 24.2 Å². The molecule has 2 rings (SSSR count). The molecule has 1 heterocycles. The van der Waals surface area contributed by atoms with Crippen molar-refractivity contribution in [2.24, 2.45) is 5.92 Å². The number of aliphatic carboxylic acids is 1. The van der Waals surface area contributed by atoms with Gasteiger partial charge in [0.15, 0.2) is 5.76 Å². The summed E-state index contributed by atoms with van der Waals surface area (Å²) in [5.41, 5.74) is 1.69. The lowest BCUT2D eigenvalue weighted by atomic mass is 10.1. The third kappa shape index (κ3) is 5.20. The Kier molecular flexibility index (Phi) is 5.94. The van der Waals surface area contributed by atoms with Gasteiger partial charge >= 0.3 is 5.97 Å². The van der Waals surface area contributed by atoms with Crippen molar-refractivity contribution >= 4 is 23.5 Å². The highest BCUT2D eigenvalue weighted by Crippen LogP contribution is 2.18. The van der Waals surface area contributed by atoms with Crippen molar-refractivity contribution in [3.63, 3.8) is 0 Å². The first kappa shape index (κ1) is 18.3. The number of benzene rings is 1. The van der Waals surface area contributed by atoms with E-state index >= 15 is 0 Å². The summed E-state index contributed by atoms with van der Waals surface area (Å²) in [6.45, 7) is 3.82. The van der Waals surface area contributed by atoms with Gasteiger partial charge in [0.2, 0.25) is 0 Å². The van der Waals surface area contributed by atoms with Gasteiger partial charge in [-0.2, -0.15) is 0 Å². The lowest BCUT2D eigenvalue weighted by Gasteiger charge is -2.12. The van der Waals surface area contributed by atoms with E-state index in [0.717, 1.165) is 5.56 Å². The number of carbonyl (C=O) groups is 3. The van der Waals surface area contributed by atoms with Gasteiger partial charge in [-0.15, -0.1) is 0 Å². The summed E-state index contributed by atoms with van der Waals surface area (Å²) in [6.07, 6.45) is 1.39. The number of hydrogen-bond donors (Lipinski definition) is 3. The van der Waals surface area contributed by atoms with Gasteiger partial charge in [0.1, 0.15) is 0 Å². The van der Waals surface area contributed by atoms with Crippen molar-refractivity contribution in [2.45, 2.75) is 20.3 Å². The van der Waals surface area contributed by atoms with E-state index in [0.29, 0.717) is 11.3 Å². The minimum Gasteiger partial charge on any atom is -0.481 e. The first-order chi connectivity index (χ1) is 11.9. The fraction of sp³-hybridized carbons (Fsp3) is 0.278. The molecule has 0 saturated heterocycles. The maximum Gasteiger partial charge on any atom is 0.303 e. The van der Waals surface area contributed by atoms with Crippen LogP contribution >= 0.6 is 0 Å². The molecular formula is C18H20N2O5. The second-order valence-corrected chi connectivity index (χ2v) is 5.87. The number of hydrogen-bond acceptors (Lipinski definition) is 4. The zero-order chi connectivity index (χ0) is 18.4. The van der Waals surface area contributed by atoms with Gasteiger partial charge in [-0.25, -0.2) is 0 Å². The Morgan fingerprint density at radius 1 is 1.20 bits per heavy atom. The number of nitrogens with one attached hydrogen (secondary N) is 2. The molecule has 7 heteroatoms. The minimum atomic E-state index is -0.903. The van der Waals surface area contributed by atoms with Crippen LogP contribution in [0, 0.1) is 12.8 Å². The molecule has 0 radical (unpaired) electrons. The Hall–Kier alpha value is -3.09. The second kappa shape index (κ2) is 8.14. The van der Waals surface area contributed by atoms with Crippen LogP contribution < -0.4 is 10.6 Å². The predicted molar refractivity (Wildman–Crippen MR) is 91.6 cm³/mol. The number of carbonyl (C=O) groups excluding carboxylic acids is 2. The smallest absolute Gasteiger partial charge is 0.303 e. The van der Waals surface area contributed by atoms with Gasteiger partial charge in [0.25, 0.3) is 11.8 Å². The van der Waals surface area contributed by atoms with Crippen LogP contribution in [0.3, 0.4) is 0 Å². The first-order valence-electron chi connectivity index (χ1n) is 7.82. The number of carboxylic acid groups (broad SMARTS) is 1. The normalized spacial score (nSPS) is 11.6. The Labute approximate surface area is 145 Å². The molecule has 1 aromatic heterocycles. The van der Waals surface area contributed by atoms with E-state index in [1.807, 2.05) is 6.92 Å². The zero-order valence-corrected chi connectivity index (χ0v) is 14.0. The molecule has 132 valence electrons. The van der Waals surface area contributed by atoms with Crippen molar-refractivity contribution in [3.8, 4) is 0 Å². The Morgan fingerprint density at radius 3 is 2.60 bits per heavy atom. The molecular weight excluding hydrogens is 324 g/mol. The SMILES string of the molecule is Cc1ccc(C(=O)NCC(C)CC(=O)O)cc1NC(=O)c1ccco1. The highest BCUT2D eigenvalue weighted by atomic mass is 16.4. The summed E-state index contributed by atoms with van der Waals surface area (Å²) in [7, 11) is 0. The summed E-state index contributed by atoms with van der Waals surface area (Å²) in [4.78, 5) is 34.9. The van der Waals surface area contributed by atoms with Gasteiger partial charge in [-0.1, -0.05) is 13.0 Å². The molecule has 2 aromatic rings. The molecule has 0 bridgehead atoms. The first-order valence-corrected chi connectivity index (χ1v) is 7.82. The third-order valence-electron chi connectivity index (χ3n) is 3.63. The largest absolute Gasteiger partial charge is 0.481 e. The fourth-order valence-corrected chi connectivity index (χ4v) is 2.23. The van der Waals surface area contributed by atoms with E-state index in [4.69, 9.17) is 9.52 Å². The molecule has 25 heavy (non-hydrogen) atoms. The second-order valence-electron chi connectivity index (χ2n) is 5.87. The van der Waals surface area contributed by atoms with Crippen molar-refractivity contribution in [1.29, 1.82) is 0 Å². The maximum atomic E-state index is 12.2. The number of furan rings is 1. The molecule has 1 aromatic carbocycles. The Morgan fingerprint density at radius 2 is 1.96 bits per heavy atom. The molecule has 0 saturated carbocycles. The lowest BCUT2D eigenvalue weighted by Crippen LogP contribution is -2.29. The van der Waals surface area contributed by atoms with Gasteiger partial charge < -0.3 is 20.2 Å². The Balaban J connectivity index is 2.03. The third-order valence-corrected chi connectivity index (χ3v) is 3.63.